The van der Waals surface area contributed by atoms with Gasteiger partial charge in [-0.25, -0.2) is 0 Å². The Kier molecular flexibility index (Phi) is 4.31. The first kappa shape index (κ1) is 16.2. The Labute approximate surface area is 144 Å². The van der Waals surface area contributed by atoms with Gasteiger partial charge < -0.3 is 4.57 Å². The van der Waals surface area contributed by atoms with E-state index in [0.717, 1.165) is 0 Å². The first-order valence-electron chi connectivity index (χ1n) is 7.83. The quantitative estimate of drug-likeness (QED) is 0.653. The molecule has 1 nitrogen and oxygen atoms in total. The van der Waals surface area contributed by atoms with Crippen molar-refractivity contribution >= 4 is 33.8 Å². The van der Waals surface area contributed by atoms with Crippen molar-refractivity contribution < 1.29 is 0 Å². The van der Waals surface area contributed by atoms with Crippen LogP contribution in [-0.2, 0) is 17.3 Å². The molecule has 3 aromatic rings. The molecule has 0 radical (unpaired) electrons. The van der Waals surface area contributed by atoms with Crippen LogP contribution in [0.2, 0.25) is 0 Å². The summed E-state index contributed by atoms with van der Waals surface area (Å²) in [6, 6.07) is 21.3. The van der Waals surface area contributed by atoms with Crippen LogP contribution >= 0.6 is 6.04 Å². The van der Waals surface area contributed by atoms with Crippen LogP contribution in [0.25, 0.3) is 0 Å². The molecule has 0 unspecified atom stereocenters. The van der Waals surface area contributed by atoms with Crippen molar-refractivity contribution in [3.05, 3.63) is 79.1 Å². The van der Waals surface area contributed by atoms with Crippen molar-refractivity contribution in [1.29, 1.82) is 0 Å². The van der Waals surface area contributed by atoms with Crippen molar-refractivity contribution in [3.8, 4) is 0 Å². The topological polar surface area (TPSA) is 4.93 Å². The summed E-state index contributed by atoms with van der Waals surface area (Å²) in [5.74, 6) is 0. The van der Waals surface area contributed by atoms with E-state index >= 15 is 0 Å². The normalized spacial score (nSPS) is 12.3. The minimum atomic E-state index is -2.01. The Bertz CT molecular complexity index is 785. The summed E-state index contributed by atoms with van der Waals surface area (Å²) in [5.41, 5.74) is 0.0613. The van der Waals surface area contributed by atoms with Crippen molar-refractivity contribution in [1.82, 2.24) is 4.57 Å². The molecule has 0 spiro atoms. The fraction of sp³-hybridized carbons (Fsp3) is 0.200. The molecule has 0 bridgehead atoms. The van der Waals surface area contributed by atoms with Gasteiger partial charge in [0.1, 0.15) is 0 Å². The molecule has 1 heterocycles. The van der Waals surface area contributed by atoms with Gasteiger partial charge in [-0.2, -0.15) is 0 Å². The average molecular weight is 339 g/mol. The van der Waals surface area contributed by atoms with Crippen LogP contribution in [0, 0.1) is 0 Å². The van der Waals surface area contributed by atoms with Gasteiger partial charge in [-0.15, -0.1) is 0 Å². The van der Waals surface area contributed by atoms with E-state index in [9.17, 15) is 0 Å². The smallest absolute Gasteiger partial charge is 0.0394 e. The number of nitrogens with zero attached hydrogens (tertiary/aromatic N) is 1. The molecule has 2 aromatic carbocycles. The van der Waals surface area contributed by atoms with Gasteiger partial charge in [0.25, 0.3) is 0 Å². The average Bonchev–Trinajstić information content (AvgIpc) is 3.06. The molecule has 0 saturated carbocycles. The molecule has 118 valence electrons. The molecule has 0 aliphatic carbocycles. The predicted molar refractivity (Wildman–Crippen MR) is 105 cm³/mol. The third-order valence-corrected chi connectivity index (χ3v) is 8.99. The van der Waals surface area contributed by atoms with Gasteiger partial charge in [0, 0.05) is 29.3 Å². The Morgan fingerprint density at radius 1 is 0.739 bits per heavy atom. The van der Waals surface area contributed by atoms with Crippen LogP contribution < -0.4 is 15.9 Å². The number of hydrogen-bond donors (Lipinski definition) is 0. The molecule has 0 aliphatic heterocycles. The number of aromatic nitrogens is 1. The highest BCUT2D eigenvalue weighted by atomic mass is 32.4. The maximum absolute atomic E-state index is 6.34. The summed E-state index contributed by atoms with van der Waals surface area (Å²) in [4.78, 5) is 0. The van der Waals surface area contributed by atoms with Crippen LogP contribution in [0.4, 0.5) is 0 Å². The van der Waals surface area contributed by atoms with Crippen LogP contribution in [0.3, 0.4) is 0 Å². The van der Waals surface area contributed by atoms with Crippen molar-refractivity contribution in [2.45, 2.75) is 26.3 Å². The fourth-order valence-electron chi connectivity index (χ4n) is 2.71. The van der Waals surface area contributed by atoms with Gasteiger partial charge in [-0.05, 0) is 37.4 Å². The van der Waals surface area contributed by atoms with Crippen LogP contribution in [0.5, 0.6) is 0 Å². The summed E-state index contributed by atoms with van der Waals surface area (Å²) >= 11 is 6.34. The highest BCUT2D eigenvalue weighted by Gasteiger charge is 2.26. The lowest BCUT2D eigenvalue weighted by molar-refractivity contribution is 0.399. The molecule has 0 amide bonds. The zero-order chi connectivity index (χ0) is 16.5. The highest BCUT2D eigenvalue weighted by Crippen LogP contribution is 2.43. The van der Waals surface area contributed by atoms with Gasteiger partial charge in [-0.3, -0.25) is 0 Å². The third kappa shape index (κ3) is 3.06. The zero-order valence-corrected chi connectivity index (χ0v) is 15.5. The first-order valence-corrected chi connectivity index (χ1v) is 10.6. The first-order chi connectivity index (χ1) is 10.9. The minimum Gasteiger partial charge on any atom is -0.348 e. The van der Waals surface area contributed by atoms with E-state index < -0.39 is 6.04 Å². The van der Waals surface area contributed by atoms with Gasteiger partial charge >= 0.3 is 0 Å². The molecule has 0 N–H and O–H groups in total. The van der Waals surface area contributed by atoms with Gasteiger partial charge in [-0.1, -0.05) is 72.5 Å². The third-order valence-electron chi connectivity index (χ3n) is 4.06. The summed E-state index contributed by atoms with van der Waals surface area (Å²) in [5, 5.41) is 3.74. The van der Waals surface area contributed by atoms with Crippen LogP contribution in [-0.4, -0.2) is 4.57 Å². The van der Waals surface area contributed by atoms with E-state index in [1.54, 1.807) is 0 Å². The highest BCUT2D eigenvalue weighted by molar-refractivity contribution is 8.25. The zero-order valence-electron chi connectivity index (χ0n) is 13.8. The maximum atomic E-state index is 6.34. The van der Waals surface area contributed by atoms with E-state index in [1.165, 1.54) is 15.9 Å². The maximum Gasteiger partial charge on any atom is 0.0394 e. The van der Waals surface area contributed by atoms with Crippen molar-refractivity contribution in [2.24, 2.45) is 0 Å². The minimum absolute atomic E-state index is 0.0613. The molecule has 0 aliphatic rings. The van der Waals surface area contributed by atoms with Crippen LogP contribution in [0.15, 0.2) is 79.1 Å². The predicted octanol–water partition coefficient (Wildman–Crippen LogP) is 4.00. The number of rotatable bonds is 3. The second-order valence-corrected chi connectivity index (χ2v) is 11.1. The Hall–Kier alpha value is -1.63. The van der Waals surface area contributed by atoms with E-state index in [4.69, 9.17) is 11.8 Å². The Morgan fingerprint density at radius 2 is 1.22 bits per heavy atom. The lowest BCUT2D eigenvalue weighted by Gasteiger charge is -2.24. The summed E-state index contributed by atoms with van der Waals surface area (Å²) in [6.07, 6.45) is 4.39. The standard InChI is InChI=1S/C20H22NPS/c1-20(2,3)21-15-14-19(16-21)22(23,17-10-6-4-7-11-17)18-12-8-5-9-13-18/h4-16H,1-3H3. The molecule has 0 fully saturated rings. The lowest BCUT2D eigenvalue weighted by atomic mass is 10.1. The molecular weight excluding hydrogens is 317 g/mol. The summed E-state index contributed by atoms with van der Waals surface area (Å²) < 4.78 is 2.26. The van der Waals surface area contributed by atoms with Crippen molar-refractivity contribution in [2.75, 3.05) is 0 Å². The molecule has 3 rings (SSSR count). The van der Waals surface area contributed by atoms with E-state index in [0.29, 0.717) is 0 Å². The monoisotopic (exact) mass is 339 g/mol. The number of hydrogen-bond acceptors (Lipinski definition) is 1. The molecule has 3 heteroatoms. The molecule has 1 aromatic heterocycles. The lowest BCUT2D eigenvalue weighted by Crippen LogP contribution is -2.25. The summed E-state index contributed by atoms with van der Waals surface area (Å²) in [7, 11) is 0. The Balaban J connectivity index is 2.22. The molecule has 0 saturated heterocycles. The number of benzene rings is 2. The molecule has 0 atom stereocenters. The Morgan fingerprint density at radius 3 is 1.61 bits per heavy atom. The van der Waals surface area contributed by atoms with Crippen LogP contribution in [0.1, 0.15) is 20.8 Å². The second-order valence-electron chi connectivity index (χ2n) is 6.73. The fourth-order valence-corrected chi connectivity index (χ4v) is 6.41. The second kappa shape index (κ2) is 6.11. The van der Waals surface area contributed by atoms with E-state index in [1.807, 2.05) is 0 Å². The summed E-state index contributed by atoms with van der Waals surface area (Å²) in [6.45, 7) is 6.64. The molecular formula is C20H22NPS. The largest absolute Gasteiger partial charge is 0.348 e. The molecule has 23 heavy (non-hydrogen) atoms. The van der Waals surface area contributed by atoms with Gasteiger partial charge in [0.15, 0.2) is 0 Å². The van der Waals surface area contributed by atoms with E-state index in [-0.39, 0.29) is 5.54 Å². The van der Waals surface area contributed by atoms with Gasteiger partial charge in [0.2, 0.25) is 0 Å². The van der Waals surface area contributed by atoms with Crippen molar-refractivity contribution in [3.63, 3.8) is 0 Å². The van der Waals surface area contributed by atoms with Gasteiger partial charge in [0.05, 0.1) is 0 Å². The van der Waals surface area contributed by atoms with E-state index in [2.05, 4.69) is 104 Å². The SMILES string of the molecule is CC(C)(C)n1ccc(P(=S)(c2ccccc2)c2ccccc2)c1.